The van der Waals surface area contributed by atoms with Crippen LogP contribution in [0.15, 0.2) is 54.6 Å². The van der Waals surface area contributed by atoms with Crippen molar-refractivity contribution in [2.24, 2.45) is 0 Å². The molecular formula is C28H32N4O. The van der Waals surface area contributed by atoms with E-state index in [0.29, 0.717) is 0 Å². The number of aliphatic hydroxyl groups is 1. The molecule has 2 aromatic heterocycles. The van der Waals surface area contributed by atoms with Gasteiger partial charge in [-0.2, -0.15) is 5.10 Å². The van der Waals surface area contributed by atoms with Crippen LogP contribution in [0.2, 0.25) is 0 Å². The van der Waals surface area contributed by atoms with Crippen LogP contribution in [-0.4, -0.2) is 38.9 Å². The van der Waals surface area contributed by atoms with Crippen LogP contribution in [0.3, 0.4) is 0 Å². The Morgan fingerprint density at radius 1 is 1.00 bits per heavy atom. The summed E-state index contributed by atoms with van der Waals surface area (Å²) in [6.07, 6.45) is 3.99. The van der Waals surface area contributed by atoms with Crippen molar-refractivity contribution in [1.82, 2.24) is 14.6 Å². The lowest BCUT2D eigenvalue weighted by atomic mass is 10.0. The molecule has 33 heavy (non-hydrogen) atoms. The average molecular weight is 441 g/mol. The highest BCUT2D eigenvalue weighted by atomic mass is 16.3. The molecule has 170 valence electrons. The quantitative estimate of drug-likeness (QED) is 0.424. The first kappa shape index (κ1) is 21.7. The zero-order valence-electron chi connectivity index (χ0n) is 19.8. The van der Waals surface area contributed by atoms with Crippen molar-refractivity contribution >= 4 is 11.5 Å². The van der Waals surface area contributed by atoms with Gasteiger partial charge in [-0.25, -0.2) is 9.50 Å². The number of fused-ring (bicyclic) bond motifs is 1. The van der Waals surface area contributed by atoms with Crippen LogP contribution in [0, 0.1) is 13.8 Å². The Balaban J connectivity index is 1.81. The smallest absolute Gasteiger partial charge is 0.166 e. The third kappa shape index (κ3) is 4.02. The maximum atomic E-state index is 9.98. The summed E-state index contributed by atoms with van der Waals surface area (Å²) >= 11 is 0. The minimum Gasteiger partial charge on any atom is -0.394 e. The van der Waals surface area contributed by atoms with Crippen LogP contribution in [0.1, 0.15) is 43.0 Å². The Morgan fingerprint density at radius 3 is 2.55 bits per heavy atom. The predicted octanol–water partition coefficient (Wildman–Crippen LogP) is 5.59. The summed E-state index contributed by atoms with van der Waals surface area (Å²) < 4.78 is 2.03. The normalized spacial score (nSPS) is 16.1. The summed E-state index contributed by atoms with van der Waals surface area (Å²) in [5.74, 6) is 0.923. The van der Waals surface area contributed by atoms with Crippen LogP contribution < -0.4 is 4.90 Å². The van der Waals surface area contributed by atoms with Crippen molar-refractivity contribution < 1.29 is 5.11 Å². The van der Waals surface area contributed by atoms with Gasteiger partial charge in [-0.3, -0.25) is 0 Å². The third-order valence-electron chi connectivity index (χ3n) is 6.67. The van der Waals surface area contributed by atoms with Crippen molar-refractivity contribution in [2.45, 2.75) is 52.5 Å². The minimum atomic E-state index is 0.117. The molecule has 1 aliphatic heterocycles. The van der Waals surface area contributed by atoms with Gasteiger partial charge in [-0.15, -0.1) is 0 Å². The first-order valence-electron chi connectivity index (χ1n) is 12.0. The van der Waals surface area contributed by atoms with E-state index in [0.717, 1.165) is 71.8 Å². The van der Waals surface area contributed by atoms with Gasteiger partial charge in [-0.05, 0) is 44.7 Å². The molecule has 4 aromatic rings. The molecule has 1 atom stereocenters. The van der Waals surface area contributed by atoms with Crippen molar-refractivity contribution in [2.75, 3.05) is 18.1 Å². The number of aliphatic hydroxyl groups excluding tert-OH is 1. The van der Waals surface area contributed by atoms with E-state index in [2.05, 4.69) is 80.3 Å². The number of rotatable bonds is 6. The van der Waals surface area contributed by atoms with E-state index in [9.17, 15) is 5.11 Å². The lowest BCUT2D eigenvalue weighted by molar-refractivity contribution is 0.266. The molecule has 1 N–H and O–H groups in total. The Kier molecular flexibility index (Phi) is 5.90. The molecule has 0 amide bonds. The van der Waals surface area contributed by atoms with E-state index in [1.165, 1.54) is 11.1 Å². The largest absolute Gasteiger partial charge is 0.394 e. The lowest BCUT2D eigenvalue weighted by Crippen LogP contribution is -2.32. The van der Waals surface area contributed by atoms with Gasteiger partial charge in [0.05, 0.1) is 24.0 Å². The molecule has 0 spiro atoms. The first-order chi connectivity index (χ1) is 16.1. The zero-order chi connectivity index (χ0) is 22.9. The Labute approximate surface area is 195 Å². The van der Waals surface area contributed by atoms with Gasteiger partial charge in [0.15, 0.2) is 5.65 Å². The van der Waals surface area contributed by atoms with Crippen LogP contribution in [0.25, 0.3) is 28.0 Å². The lowest BCUT2D eigenvalue weighted by Gasteiger charge is -2.25. The van der Waals surface area contributed by atoms with E-state index in [4.69, 9.17) is 10.1 Å². The molecule has 3 heterocycles. The van der Waals surface area contributed by atoms with Crippen molar-refractivity contribution in [3.8, 4) is 22.4 Å². The molecule has 5 nitrogen and oxygen atoms in total. The average Bonchev–Trinajstić information content (AvgIpc) is 3.44. The monoisotopic (exact) mass is 440 g/mol. The third-order valence-corrected chi connectivity index (χ3v) is 6.67. The van der Waals surface area contributed by atoms with Crippen LogP contribution in [-0.2, 0) is 6.42 Å². The number of anilines is 1. The minimum absolute atomic E-state index is 0.117. The zero-order valence-corrected chi connectivity index (χ0v) is 19.8. The molecule has 1 fully saturated rings. The van der Waals surface area contributed by atoms with E-state index in [1.807, 2.05) is 4.52 Å². The van der Waals surface area contributed by atoms with Crippen molar-refractivity contribution in [3.63, 3.8) is 0 Å². The molecule has 1 unspecified atom stereocenters. The van der Waals surface area contributed by atoms with Gasteiger partial charge >= 0.3 is 0 Å². The number of nitrogens with zero attached hydrogens (tertiary/aromatic N) is 4. The molecular weight excluding hydrogens is 408 g/mol. The van der Waals surface area contributed by atoms with Gasteiger partial charge in [-0.1, -0.05) is 66.9 Å². The van der Waals surface area contributed by atoms with Gasteiger partial charge in [0.1, 0.15) is 5.82 Å². The van der Waals surface area contributed by atoms with Gasteiger partial charge in [0.2, 0.25) is 0 Å². The maximum absolute atomic E-state index is 9.98. The summed E-state index contributed by atoms with van der Waals surface area (Å²) in [5, 5.41) is 15.1. The van der Waals surface area contributed by atoms with Crippen LogP contribution in [0.4, 0.5) is 5.82 Å². The highest BCUT2D eigenvalue weighted by Crippen LogP contribution is 2.35. The topological polar surface area (TPSA) is 53.7 Å². The number of aromatic nitrogens is 3. The highest BCUT2D eigenvalue weighted by molar-refractivity contribution is 5.83. The Morgan fingerprint density at radius 2 is 1.82 bits per heavy atom. The predicted molar refractivity (Wildman–Crippen MR) is 135 cm³/mol. The number of hydrogen-bond acceptors (Lipinski definition) is 4. The van der Waals surface area contributed by atoms with E-state index < -0.39 is 0 Å². The molecule has 5 rings (SSSR count). The summed E-state index contributed by atoms with van der Waals surface area (Å²) in [6, 6.07) is 19.5. The van der Waals surface area contributed by atoms with Crippen molar-refractivity contribution in [1.29, 1.82) is 0 Å². The Bertz CT molecular complexity index is 1280. The van der Waals surface area contributed by atoms with Crippen molar-refractivity contribution in [3.05, 3.63) is 71.4 Å². The molecule has 1 aliphatic rings. The highest BCUT2D eigenvalue weighted by Gasteiger charge is 2.27. The second kappa shape index (κ2) is 8.99. The second-order valence-electron chi connectivity index (χ2n) is 9.21. The van der Waals surface area contributed by atoms with Gasteiger partial charge < -0.3 is 10.0 Å². The standard InChI is InChI=1S/C28H32N4O/c1-4-7-24-27(21-13-11-19(2)12-14-21)28-29-26(31-15-6-10-23(31)18-33)17-25(32(28)30-24)22-9-5-8-20(3)16-22/h5,8-9,11-14,16-17,23,33H,4,6-7,10,15,18H2,1-3H3. The molecule has 0 radical (unpaired) electrons. The fourth-order valence-electron chi connectivity index (χ4n) is 4.96. The molecule has 0 aliphatic carbocycles. The van der Waals surface area contributed by atoms with E-state index in [1.54, 1.807) is 0 Å². The SMILES string of the molecule is CCCc1nn2c(-c3cccc(C)c3)cc(N3CCCC3CO)nc2c1-c1ccc(C)cc1. The number of hydrogen-bond donors (Lipinski definition) is 1. The summed E-state index contributed by atoms with van der Waals surface area (Å²) in [5.41, 5.74) is 8.87. The molecule has 1 saturated heterocycles. The van der Waals surface area contributed by atoms with E-state index in [-0.39, 0.29) is 12.6 Å². The molecule has 0 saturated carbocycles. The Hall–Kier alpha value is -3.18. The number of aryl methyl sites for hydroxylation is 3. The van der Waals surface area contributed by atoms with E-state index >= 15 is 0 Å². The second-order valence-corrected chi connectivity index (χ2v) is 9.21. The first-order valence-corrected chi connectivity index (χ1v) is 12.0. The summed E-state index contributed by atoms with van der Waals surface area (Å²) in [6.45, 7) is 7.49. The fraction of sp³-hybridized carbons (Fsp3) is 0.357. The van der Waals surface area contributed by atoms with Gasteiger partial charge in [0.25, 0.3) is 0 Å². The molecule has 0 bridgehead atoms. The summed E-state index contributed by atoms with van der Waals surface area (Å²) in [4.78, 5) is 7.45. The van der Waals surface area contributed by atoms with Crippen LogP contribution in [0.5, 0.6) is 0 Å². The molecule has 5 heteroatoms. The number of benzene rings is 2. The molecule has 2 aromatic carbocycles. The van der Waals surface area contributed by atoms with Gasteiger partial charge in [0, 0.05) is 23.7 Å². The fourth-order valence-corrected chi connectivity index (χ4v) is 4.96. The summed E-state index contributed by atoms with van der Waals surface area (Å²) in [7, 11) is 0. The maximum Gasteiger partial charge on any atom is 0.166 e. The van der Waals surface area contributed by atoms with Crippen LogP contribution >= 0.6 is 0 Å².